The lowest BCUT2D eigenvalue weighted by atomic mass is 9.76. The molecule has 1 spiro atoms. The van der Waals surface area contributed by atoms with E-state index in [1.54, 1.807) is 22.2 Å². The first-order chi connectivity index (χ1) is 13.1. The molecule has 2 amide bonds. The Balaban J connectivity index is 1.38. The van der Waals surface area contributed by atoms with E-state index in [4.69, 9.17) is 9.47 Å². The number of ether oxygens (including phenoxy) is 2. The van der Waals surface area contributed by atoms with E-state index in [0.717, 1.165) is 11.4 Å². The molecule has 5 heterocycles. The molecular weight excluding hydrogens is 348 g/mol. The van der Waals surface area contributed by atoms with E-state index in [0.29, 0.717) is 39.4 Å². The maximum absolute atomic E-state index is 13.2. The second kappa shape index (κ2) is 6.10. The van der Waals surface area contributed by atoms with Crippen molar-refractivity contribution >= 4 is 11.8 Å². The fraction of sp³-hybridized carbons (Fsp3) is 0.579. The number of likely N-dealkylation sites (tertiary alicyclic amines) is 1. The molecule has 0 aliphatic carbocycles. The average molecular weight is 370 g/mol. The Bertz CT molecular complexity index is 804. The van der Waals surface area contributed by atoms with Crippen LogP contribution in [0.3, 0.4) is 0 Å². The molecule has 1 aromatic heterocycles. The Labute approximate surface area is 157 Å². The maximum atomic E-state index is 13.2. The predicted molar refractivity (Wildman–Crippen MR) is 93.3 cm³/mol. The van der Waals surface area contributed by atoms with Crippen molar-refractivity contribution in [2.24, 2.45) is 11.8 Å². The SMILES string of the molecule is Cc1cnc(CN2C[C@]34C=C[C@H](O3)[C@H](C(=O)N3CCOCC3)[C@@H]4C2=O)cn1. The Morgan fingerprint density at radius 2 is 2.11 bits per heavy atom. The van der Waals surface area contributed by atoms with Gasteiger partial charge in [0.25, 0.3) is 0 Å². The van der Waals surface area contributed by atoms with Crippen molar-refractivity contribution in [3.63, 3.8) is 0 Å². The fourth-order valence-electron chi connectivity index (χ4n) is 4.69. The van der Waals surface area contributed by atoms with E-state index in [1.807, 2.05) is 19.1 Å². The van der Waals surface area contributed by atoms with E-state index >= 15 is 0 Å². The minimum Gasteiger partial charge on any atom is -0.378 e. The minimum absolute atomic E-state index is 0.00449. The third-order valence-corrected chi connectivity index (χ3v) is 5.97. The Hall–Kier alpha value is -2.32. The number of nitrogens with zero attached hydrogens (tertiary/aromatic N) is 4. The van der Waals surface area contributed by atoms with Crippen LogP contribution in [0, 0.1) is 18.8 Å². The number of carbonyl (C=O) groups is 2. The molecule has 4 atom stereocenters. The fourth-order valence-corrected chi connectivity index (χ4v) is 4.69. The summed E-state index contributed by atoms with van der Waals surface area (Å²) in [6, 6.07) is 0. The summed E-state index contributed by atoms with van der Waals surface area (Å²) in [6.45, 7) is 4.94. The van der Waals surface area contributed by atoms with E-state index in [1.165, 1.54) is 0 Å². The summed E-state index contributed by atoms with van der Waals surface area (Å²) >= 11 is 0. The van der Waals surface area contributed by atoms with Crippen LogP contribution in [0.1, 0.15) is 11.4 Å². The highest BCUT2D eigenvalue weighted by Crippen LogP contribution is 2.52. The number of carbonyl (C=O) groups excluding carboxylic acids is 2. The Morgan fingerprint density at radius 1 is 1.30 bits per heavy atom. The molecule has 0 saturated carbocycles. The van der Waals surface area contributed by atoms with Gasteiger partial charge in [-0.3, -0.25) is 19.6 Å². The molecule has 27 heavy (non-hydrogen) atoms. The van der Waals surface area contributed by atoms with E-state index in [9.17, 15) is 9.59 Å². The first-order valence-electron chi connectivity index (χ1n) is 9.37. The van der Waals surface area contributed by atoms with Crippen LogP contribution in [0.5, 0.6) is 0 Å². The first kappa shape index (κ1) is 16.8. The number of fused-ring (bicyclic) bond motifs is 1. The van der Waals surface area contributed by atoms with Crippen LogP contribution in [0.2, 0.25) is 0 Å². The molecule has 5 rings (SSSR count). The molecule has 142 valence electrons. The summed E-state index contributed by atoms with van der Waals surface area (Å²) in [5.74, 6) is -0.934. The largest absolute Gasteiger partial charge is 0.378 e. The van der Waals surface area contributed by atoms with Crippen LogP contribution in [0.15, 0.2) is 24.5 Å². The molecule has 2 bridgehead atoms. The van der Waals surface area contributed by atoms with Gasteiger partial charge in [0.15, 0.2) is 0 Å². The summed E-state index contributed by atoms with van der Waals surface area (Å²) in [4.78, 5) is 38.5. The topological polar surface area (TPSA) is 84.9 Å². The highest BCUT2D eigenvalue weighted by Gasteiger charge is 2.67. The van der Waals surface area contributed by atoms with Gasteiger partial charge in [0, 0.05) is 19.3 Å². The average Bonchev–Trinajstić information content (AvgIpc) is 3.32. The number of aryl methyl sites for hydroxylation is 1. The first-order valence-corrected chi connectivity index (χ1v) is 9.37. The molecule has 8 nitrogen and oxygen atoms in total. The second-order valence-electron chi connectivity index (χ2n) is 7.68. The van der Waals surface area contributed by atoms with Crippen LogP contribution >= 0.6 is 0 Å². The molecule has 3 fully saturated rings. The maximum Gasteiger partial charge on any atom is 0.230 e. The van der Waals surface area contributed by atoms with Crippen LogP contribution in [0.4, 0.5) is 0 Å². The van der Waals surface area contributed by atoms with Gasteiger partial charge in [0.2, 0.25) is 11.8 Å². The van der Waals surface area contributed by atoms with Gasteiger partial charge < -0.3 is 19.3 Å². The zero-order valence-corrected chi connectivity index (χ0v) is 15.2. The number of amides is 2. The van der Waals surface area contributed by atoms with Gasteiger partial charge in [-0.1, -0.05) is 12.2 Å². The van der Waals surface area contributed by atoms with Gasteiger partial charge in [0.1, 0.15) is 5.60 Å². The van der Waals surface area contributed by atoms with Crippen molar-refractivity contribution in [2.75, 3.05) is 32.8 Å². The molecular formula is C19H22N4O4. The highest BCUT2D eigenvalue weighted by atomic mass is 16.5. The van der Waals surface area contributed by atoms with Gasteiger partial charge in [-0.15, -0.1) is 0 Å². The van der Waals surface area contributed by atoms with Crippen molar-refractivity contribution in [3.8, 4) is 0 Å². The second-order valence-corrected chi connectivity index (χ2v) is 7.68. The van der Waals surface area contributed by atoms with Gasteiger partial charge in [-0.25, -0.2) is 0 Å². The molecule has 3 saturated heterocycles. The predicted octanol–water partition coefficient (Wildman–Crippen LogP) is -0.0742. The molecule has 4 aliphatic heterocycles. The molecule has 1 aromatic rings. The Kier molecular flexibility index (Phi) is 3.80. The zero-order chi connectivity index (χ0) is 18.6. The third-order valence-electron chi connectivity index (χ3n) is 5.97. The summed E-state index contributed by atoms with van der Waals surface area (Å²) < 4.78 is 11.5. The van der Waals surface area contributed by atoms with Gasteiger partial charge >= 0.3 is 0 Å². The third kappa shape index (κ3) is 2.58. The van der Waals surface area contributed by atoms with E-state index < -0.39 is 17.4 Å². The highest BCUT2D eigenvalue weighted by molar-refractivity contribution is 5.93. The summed E-state index contributed by atoms with van der Waals surface area (Å²) in [5.41, 5.74) is 0.884. The molecule has 0 N–H and O–H groups in total. The molecule has 4 aliphatic rings. The zero-order valence-electron chi connectivity index (χ0n) is 15.2. The Morgan fingerprint density at radius 3 is 2.85 bits per heavy atom. The number of hydrogen-bond acceptors (Lipinski definition) is 6. The van der Waals surface area contributed by atoms with Crippen molar-refractivity contribution in [2.45, 2.75) is 25.2 Å². The van der Waals surface area contributed by atoms with Crippen molar-refractivity contribution in [1.82, 2.24) is 19.8 Å². The smallest absolute Gasteiger partial charge is 0.230 e. The number of hydrogen-bond donors (Lipinski definition) is 0. The van der Waals surface area contributed by atoms with Crippen molar-refractivity contribution in [1.29, 1.82) is 0 Å². The number of rotatable bonds is 3. The molecule has 0 aromatic carbocycles. The summed E-state index contributed by atoms with van der Waals surface area (Å²) in [7, 11) is 0. The van der Waals surface area contributed by atoms with Gasteiger partial charge in [-0.2, -0.15) is 0 Å². The van der Waals surface area contributed by atoms with Crippen LogP contribution in [-0.2, 0) is 25.6 Å². The molecule has 0 radical (unpaired) electrons. The summed E-state index contributed by atoms with van der Waals surface area (Å²) in [6.07, 6.45) is 7.00. The van der Waals surface area contributed by atoms with Gasteiger partial charge in [-0.05, 0) is 6.92 Å². The van der Waals surface area contributed by atoms with Gasteiger partial charge in [0.05, 0.1) is 61.8 Å². The number of aromatic nitrogens is 2. The monoisotopic (exact) mass is 370 g/mol. The van der Waals surface area contributed by atoms with E-state index in [2.05, 4.69) is 9.97 Å². The van der Waals surface area contributed by atoms with Crippen molar-refractivity contribution in [3.05, 3.63) is 35.9 Å². The normalized spacial score (nSPS) is 34.4. The quantitative estimate of drug-likeness (QED) is 0.693. The lowest BCUT2D eigenvalue weighted by molar-refractivity contribution is -0.146. The van der Waals surface area contributed by atoms with E-state index in [-0.39, 0.29) is 17.9 Å². The standard InChI is InChI=1S/C19H22N4O4/c1-12-8-21-13(9-20-12)10-23-11-19-3-2-14(27-19)15(16(19)18(23)25)17(24)22-4-6-26-7-5-22/h2-3,8-9,14-16H,4-7,10-11H2,1H3/t14-,15-,16+,19-/m0/s1. The van der Waals surface area contributed by atoms with Crippen LogP contribution < -0.4 is 0 Å². The van der Waals surface area contributed by atoms with Crippen molar-refractivity contribution < 1.29 is 19.1 Å². The lowest BCUT2D eigenvalue weighted by Crippen LogP contribution is -2.49. The summed E-state index contributed by atoms with van der Waals surface area (Å²) in [5, 5.41) is 0. The molecule has 8 heteroatoms. The minimum atomic E-state index is -0.688. The van der Waals surface area contributed by atoms with Crippen LogP contribution in [0.25, 0.3) is 0 Å². The number of morpholine rings is 1. The van der Waals surface area contributed by atoms with Crippen LogP contribution in [-0.4, -0.2) is 76.1 Å². The lowest BCUT2D eigenvalue weighted by Gasteiger charge is -2.32. The molecule has 0 unspecified atom stereocenters.